The molecule has 2 aliphatic heterocycles. The van der Waals surface area contributed by atoms with Gasteiger partial charge in [0.25, 0.3) is 0 Å². The number of nitrogens with zero attached hydrogens (tertiary/aromatic N) is 2. The van der Waals surface area contributed by atoms with E-state index in [1.54, 1.807) is 6.08 Å². The maximum Gasteiger partial charge on any atom is 0.246 e. The zero-order valence-corrected chi connectivity index (χ0v) is 17.9. The lowest BCUT2D eigenvalue weighted by Crippen LogP contribution is -2.43. The Morgan fingerprint density at radius 3 is 2.39 bits per heavy atom. The van der Waals surface area contributed by atoms with Gasteiger partial charge in [-0.15, -0.1) is 0 Å². The summed E-state index contributed by atoms with van der Waals surface area (Å²) in [5.74, 6) is 1.14. The van der Waals surface area contributed by atoms with E-state index in [0.717, 1.165) is 55.6 Å². The van der Waals surface area contributed by atoms with E-state index in [9.17, 15) is 9.59 Å². The molecule has 0 bridgehead atoms. The molecule has 2 saturated heterocycles. The first-order valence-corrected chi connectivity index (χ1v) is 11.2. The monoisotopic (exact) mass is 418 g/mol. The first-order chi connectivity index (χ1) is 15.2. The van der Waals surface area contributed by atoms with Gasteiger partial charge in [0.15, 0.2) is 0 Å². The van der Waals surface area contributed by atoms with Gasteiger partial charge in [0.05, 0.1) is 0 Å². The molecule has 2 aromatic rings. The molecule has 2 amide bonds. The van der Waals surface area contributed by atoms with Gasteiger partial charge in [-0.25, -0.2) is 0 Å². The summed E-state index contributed by atoms with van der Waals surface area (Å²) in [7, 11) is 0. The van der Waals surface area contributed by atoms with E-state index < -0.39 is 0 Å². The van der Waals surface area contributed by atoms with Crippen LogP contribution in [0.15, 0.2) is 60.7 Å². The molecule has 0 unspecified atom stereocenters. The van der Waals surface area contributed by atoms with Gasteiger partial charge in [-0.05, 0) is 55.0 Å². The molecular formula is C26H30N2O3. The molecule has 2 fully saturated rings. The number of carbonyl (C=O) groups excluding carboxylic acids is 2. The van der Waals surface area contributed by atoms with Gasteiger partial charge in [-0.2, -0.15) is 0 Å². The number of hydrogen-bond acceptors (Lipinski definition) is 3. The Kier molecular flexibility index (Phi) is 7.03. The first kappa shape index (κ1) is 21.2. The molecule has 5 nitrogen and oxygen atoms in total. The van der Waals surface area contributed by atoms with Crippen molar-refractivity contribution in [2.45, 2.75) is 32.3 Å². The van der Waals surface area contributed by atoms with Crippen molar-refractivity contribution in [2.24, 2.45) is 5.92 Å². The highest BCUT2D eigenvalue weighted by molar-refractivity contribution is 5.92. The minimum Gasteiger partial charge on any atom is -0.489 e. The van der Waals surface area contributed by atoms with Gasteiger partial charge in [0, 0.05) is 38.2 Å². The predicted octanol–water partition coefficient (Wildman–Crippen LogP) is 4.14. The van der Waals surface area contributed by atoms with Crippen LogP contribution in [0.3, 0.4) is 0 Å². The van der Waals surface area contributed by atoms with Gasteiger partial charge in [0.1, 0.15) is 12.4 Å². The van der Waals surface area contributed by atoms with E-state index >= 15 is 0 Å². The number of rotatable bonds is 6. The molecule has 162 valence electrons. The zero-order chi connectivity index (χ0) is 21.5. The Bertz CT molecular complexity index is 911. The number of amides is 2. The van der Waals surface area contributed by atoms with Crippen molar-refractivity contribution in [1.82, 2.24) is 9.80 Å². The Labute approximate surface area is 184 Å². The molecular weight excluding hydrogens is 388 g/mol. The number of piperidine rings is 1. The lowest BCUT2D eigenvalue weighted by molar-refractivity contribution is -0.138. The lowest BCUT2D eigenvalue weighted by atomic mass is 9.95. The summed E-state index contributed by atoms with van der Waals surface area (Å²) >= 11 is 0. The highest BCUT2D eigenvalue weighted by atomic mass is 16.5. The third-order valence-electron chi connectivity index (χ3n) is 6.10. The van der Waals surface area contributed by atoms with Gasteiger partial charge >= 0.3 is 0 Å². The zero-order valence-electron chi connectivity index (χ0n) is 17.9. The molecule has 31 heavy (non-hydrogen) atoms. The van der Waals surface area contributed by atoms with Crippen LogP contribution >= 0.6 is 0 Å². The van der Waals surface area contributed by atoms with Crippen LogP contribution in [0.4, 0.5) is 0 Å². The van der Waals surface area contributed by atoms with E-state index in [-0.39, 0.29) is 17.7 Å². The Balaban J connectivity index is 1.27. The number of hydrogen-bond donors (Lipinski definition) is 0. The normalized spacial score (nSPS) is 17.3. The van der Waals surface area contributed by atoms with Crippen LogP contribution in [0, 0.1) is 5.92 Å². The van der Waals surface area contributed by atoms with Crippen LogP contribution in [-0.4, -0.2) is 47.8 Å². The highest BCUT2D eigenvalue weighted by Gasteiger charge is 2.30. The minimum atomic E-state index is 0.00248. The van der Waals surface area contributed by atoms with Gasteiger partial charge in [-0.3, -0.25) is 9.59 Å². The summed E-state index contributed by atoms with van der Waals surface area (Å²) in [6.45, 7) is 3.60. The summed E-state index contributed by atoms with van der Waals surface area (Å²) in [5.41, 5.74) is 2.04. The first-order valence-electron chi connectivity index (χ1n) is 11.2. The number of likely N-dealkylation sites (tertiary alicyclic amines) is 2. The molecule has 0 saturated carbocycles. The van der Waals surface area contributed by atoms with Crippen LogP contribution in [-0.2, 0) is 16.2 Å². The largest absolute Gasteiger partial charge is 0.489 e. The maximum absolute atomic E-state index is 12.6. The predicted molar refractivity (Wildman–Crippen MR) is 121 cm³/mol. The number of benzene rings is 2. The molecule has 0 radical (unpaired) electrons. The second kappa shape index (κ2) is 10.3. The number of carbonyl (C=O) groups is 2. The molecule has 5 heteroatoms. The van der Waals surface area contributed by atoms with Crippen LogP contribution in [0.1, 0.15) is 36.8 Å². The van der Waals surface area contributed by atoms with Gasteiger partial charge < -0.3 is 14.5 Å². The topological polar surface area (TPSA) is 49.9 Å². The fourth-order valence-corrected chi connectivity index (χ4v) is 4.26. The molecule has 0 atom stereocenters. The fourth-order valence-electron chi connectivity index (χ4n) is 4.26. The van der Waals surface area contributed by atoms with Crippen molar-refractivity contribution in [1.29, 1.82) is 0 Å². The van der Waals surface area contributed by atoms with E-state index in [0.29, 0.717) is 19.7 Å². The van der Waals surface area contributed by atoms with Gasteiger partial charge in [0.2, 0.25) is 11.8 Å². The molecule has 2 aromatic carbocycles. The van der Waals surface area contributed by atoms with E-state index in [4.69, 9.17) is 4.74 Å². The van der Waals surface area contributed by atoms with Crippen molar-refractivity contribution < 1.29 is 14.3 Å². The van der Waals surface area contributed by atoms with E-state index in [2.05, 4.69) is 0 Å². The summed E-state index contributed by atoms with van der Waals surface area (Å²) in [6, 6.07) is 17.8. The average molecular weight is 419 g/mol. The van der Waals surface area contributed by atoms with Crippen LogP contribution in [0.25, 0.3) is 6.08 Å². The molecule has 0 spiro atoms. The van der Waals surface area contributed by atoms with Crippen molar-refractivity contribution in [3.8, 4) is 5.75 Å². The highest BCUT2D eigenvalue weighted by Crippen LogP contribution is 2.22. The number of ether oxygens (including phenoxy) is 1. The van der Waals surface area contributed by atoms with Crippen LogP contribution in [0.2, 0.25) is 0 Å². The Morgan fingerprint density at radius 1 is 0.903 bits per heavy atom. The summed E-state index contributed by atoms with van der Waals surface area (Å²) in [5, 5.41) is 0. The molecule has 0 N–H and O–H groups in total. The standard InChI is InChI=1S/C26H30N2O3/c29-25(27-17-13-23(14-18-27)26(30)28-15-4-5-16-28)12-11-21-9-6-10-24(19-21)31-20-22-7-2-1-3-8-22/h1-3,6-12,19,23H,4-5,13-18,20H2/b12-11+. The molecule has 4 rings (SSSR count). The van der Waals surface area contributed by atoms with Crippen molar-refractivity contribution in [2.75, 3.05) is 26.2 Å². The van der Waals surface area contributed by atoms with Gasteiger partial charge in [-0.1, -0.05) is 42.5 Å². The average Bonchev–Trinajstić information content (AvgIpc) is 3.37. The quantitative estimate of drug-likeness (QED) is 0.663. The summed E-state index contributed by atoms with van der Waals surface area (Å²) in [6.07, 6.45) is 7.21. The molecule has 2 heterocycles. The van der Waals surface area contributed by atoms with E-state index in [1.807, 2.05) is 70.5 Å². The molecule has 0 aromatic heterocycles. The maximum atomic E-state index is 12.6. The third-order valence-corrected chi connectivity index (χ3v) is 6.10. The smallest absolute Gasteiger partial charge is 0.246 e. The fraction of sp³-hybridized carbons (Fsp3) is 0.385. The van der Waals surface area contributed by atoms with Crippen LogP contribution in [0.5, 0.6) is 5.75 Å². The van der Waals surface area contributed by atoms with Crippen LogP contribution < -0.4 is 4.74 Å². The summed E-state index contributed by atoms with van der Waals surface area (Å²) < 4.78 is 5.87. The Morgan fingerprint density at radius 2 is 1.65 bits per heavy atom. The molecule has 0 aliphatic carbocycles. The van der Waals surface area contributed by atoms with Crippen molar-refractivity contribution >= 4 is 17.9 Å². The summed E-state index contributed by atoms with van der Waals surface area (Å²) in [4.78, 5) is 29.0. The van der Waals surface area contributed by atoms with Crippen molar-refractivity contribution in [3.05, 3.63) is 71.8 Å². The third kappa shape index (κ3) is 5.75. The SMILES string of the molecule is O=C(/C=C/c1cccc(OCc2ccccc2)c1)N1CCC(C(=O)N2CCCC2)CC1. The molecule has 2 aliphatic rings. The minimum absolute atomic E-state index is 0.00248. The van der Waals surface area contributed by atoms with Crippen molar-refractivity contribution in [3.63, 3.8) is 0 Å². The Hall–Kier alpha value is -3.08. The van der Waals surface area contributed by atoms with E-state index in [1.165, 1.54) is 0 Å². The second-order valence-corrected chi connectivity index (χ2v) is 8.31. The lowest BCUT2D eigenvalue weighted by Gasteiger charge is -2.32. The second-order valence-electron chi connectivity index (χ2n) is 8.31.